The first-order chi connectivity index (χ1) is 12.4. The first kappa shape index (κ1) is 23.5. The summed E-state index contributed by atoms with van der Waals surface area (Å²) in [6.07, 6.45) is -3.23. The Labute approximate surface area is 177 Å². The highest BCUT2D eigenvalue weighted by Gasteiger charge is 2.34. The van der Waals surface area contributed by atoms with E-state index in [2.05, 4.69) is 33.6 Å². The number of nitrogens with one attached hydrogen (secondary N) is 2. The van der Waals surface area contributed by atoms with Crippen LogP contribution in [0.25, 0.3) is 0 Å². The first-order valence-corrected chi connectivity index (χ1v) is 8.92. The molecule has 5 nitrogen and oxygen atoms in total. The number of hydrogen-bond acceptors (Lipinski definition) is 4. The van der Waals surface area contributed by atoms with E-state index in [-0.39, 0.29) is 30.6 Å². The molecule has 0 spiro atoms. The van der Waals surface area contributed by atoms with Crippen molar-refractivity contribution in [1.82, 2.24) is 15.6 Å². The van der Waals surface area contributed by atoms with E-state index in [9.17, 15) is 13.2 Å². The van der Waals surface area contributed by atoms with E-state index in [0.29, 0.717) is 25.0 Å². The molecular weight excluding hydrogens is 492 g/mol. The number of guanidine groups is 1. The van der Waals surface area contributed by atoms with Gasteiger partial charge in [-0.05, 0) is 23.6 Å². The van der Waals surface area contributed by atoms with Gasteiger partial charge in [-0.25, -0.2) is 4.98 Å². The summed E-state index contributed by atoms with van der Waals surface area (Å²) in [6, 6.07) is 6.26. The molecule has 0 saturated carbocycles. The summed E-state index contributed by atoms with van der Waals surface area (Å²) in [7, 11) is 1.63. The molecule has 1 unspecified atom stereocenters. The summed E-state index contributed by atoms with van der Waals surface area (Å²) < 4.78 is 43.8. The highest BCUT2D eigenvalue weighted by Crippen LogP contribution is 2.34. The van der Waals surface area contributed by atoms with Crippen molar-refractivity contribution in [1.29, 1.82) is 0 Å². The van der Waals surface area contributed by atoms with Crippen molar-refractivity contribution in [3.8, 4) is 5.88 Å². The lowest BCUT2D eigenvalue weighted by molar-refractivity contribution is -0.139. The van der Waals surface area contributed by atoms with Gasteiger partial charge in [0.15, 0.2) is 5.96 Å². The van der Waals surface area contributed by atoms with Crippen LogP contribution in [0.5, 0.6) is 5.88 Å². The van der Waals surface area contributed by atoms with Gasteiger partial charge in [0.05, 0.1) is 6.54 Å². The quantitative estimate of drug-likeness (QED) is 0.253. The highest BCUT2D eigenvalue weighted by molar-refractivity contribution is 14.0. The molecule has 0 saturated heterocycles. The van der Waals surface area contributed by atoms with Crippen molar-refractivity contribution in [2.75, 3.05) is 26.7 Å². The number of pyridine rings is 1. The highest BCUT2D eigenvalue weighted by atomic mass is 127. The van der Waals surface area contributed by atoms with E-state index >= 15 is 0 Å². The number of rotatable bonds is 7. The van der Waals surface area contributed by atoms with Gasteiger partial charge in [-0.15, -0.1) is 35.3 Å². The van der Waals surface area contributed by atoms with E-state index in [0.717, 1.165) is 6.07 Å². The van der Waals surface area contributed by atoms with Gasteiger partial charge in [-0.3, -0.25) is 4.99 Å². The Bertz CT molecular complexity index is 710. The molecule has 2 heterocycles. The monoisotopic (exact) mass is 514 g/mol. The van der Waals surface area contributed by atoms with Crippen LogP contribution in [0.2, 0.25) is 0 Å². The Morgan fingerprint density at radius 2 is 2.07 bits per heavy atom. The second-order valence-electron chi connectivity index (χ2n) is 5.50. The van der Waals surface area contributed by atoms with Crippen molar-refractivity contribution < 1.29 is 17.9 Å². The lowest BCUT2D eigenvalue weighted by atomic mass is 10.1. The topological polar surface area (TPSA) is 58.5 Å². The zero-order valence-electron chi connectivity index (χ0n) is 14.9. The fourth-order valence-corrected chi connectivity index (χ4v) is 2.97. The molecule has 1 atom stereocenters. The van der Waals surface area contributed by atoms with E-state index in [1.54, 1.807) is 18.4 Å². The van der Waals surface area contributed by atoms with Crippen molar-refractivity contribution >= 4 is 41.3 Å². The molecule has 150 valence electrons. The van der Waals surface area contributed by atoms with E-state index < -0.39 is 17.6 Å². The molecular formula is C17H22F3IN4OS. The van der Waals surface area contributed by atoms with Crippen molar-refractivity contribution in [2.45, 2.75) is 19.0 Å². The Morgan fingerprint density at radius 1 is 1.30 bits per heavy atom. The van der Waals surface area contributed by atoms with Crippen LogP contribution in [-0.2, 0) is 6.18 Å². The van der Waals surface area contributed by atoms with Gasteiger partial charge in [-0.2, -0.15) is 13.2 Å². The van der Waals surface area contributed by atoms with Gasteiger partial charge in [0.1, 0.15) is 12.2 Å². The maximum absolute atomic E-state index is 12.9. The van der Waals surface area contributed by atoms with Gasteiger partial charge >= 0.3 is 6.18 Å². The molecule has 27 heavy (non-hydrogen) atoms. The minimum absolute atomic E-state index is 0. The average Bonchev–Trinajstić information content (AvgIpc) is 3.15. The number of ether oxygens (including phenoxy) is 1. The van der Waals surface area contributed by atoms with E-state index in [1.807, 2.05) is 11.4 Å². The van der Waals surface area contributed by atoms with Crippen LogP contribution in [0.3, 0.4) is 0 Å². The summed E-state index contributed by atoms with van der Waals surface area (Å²) >= 11 is 1.69. The number of thiophene rings is 1. The molecule has 0 aromatic carbocycles. The Balaban J connectivity index is 0.00000364. The smallest absolute Gasteiger partial charge is 0.421 e. The van der Waals surface area contributed by atoms with Crippen LogP contribution < -0.4 is 15.4 Å². The molecule has 0 aliphatic carbocycles. The predicted octanol–water partition coefficient (Wildman–Crippen LogP) is 4.13. The van der Waals surface area contributed by atoms with Crippen LogP contribution in [0.1, 0.15) is 23.3 Å². The van der Waals surface area contributed by atoms with Crippen molar-refractivity contribution in [2.24, 2.45) is 4.99 Å². The van der Waals surface area contributed by atoms with Crippen LogP contribution >= 0.6 is 35.3 Å². The van der Waals surface area contributed by atoms with Crippen LogP contribution in [0.15, 0.2) is 40.8 Å². The molecule has 10 heteroatoms. The summed E-state index contributed by atoms with van der Waals surface area (Å²) in [5.74, 6) is 0.470. The predicted molar refractivity (Wildman–Crippen MR) is 112 cm³/mol. The summed E-state index contributed by atoms with van der Waals surface area (Å²) in [5, 5.41) is 8.22. The van der Waals surface area contributed by atoms with Gasteiger partial charge in [0.25, 0.3) is 0 Å². The third-order valence-electron chi connectivity index (χ3n) is 3.54. The maximum Gasteiger partial charge on any atom is 0.421 e. The number of nitrogens with zero attached hydrogens (tertiary/aromatic N) is 2. The summed E-state index contributed by atoms with van der Waals surface area (Å²) in [4.78, 5) is 9.01. The number of halogens is 4. The third-order valence-corrected chi connectivity index (χ3v) is 4.64. The molecule has 2 aromatic rings. The second-order valence-corrected chi connectivity index (χ2v) is 6.48. The lowest BCUT2D eigenvalue weighted by Gasteiger charge is -2.16. The molecule has 0 radical (unpaired) electrons. The first-order valence-electron chi connectivity index (χ1n) is 8.04. The molecule has 2 N–H and O–H groups in total. The number of aromatic nitrogens is 1. The van der Waals surface area contributed by atoms with Gasteiger partial charge in [-0.1, -0.05) is 13.0 Å². The zero-order chi connectivity index (χ0) is 19.0. The van der Waals surface area contributed by atoms with E-state index in [4.69, 9.17) is 4.74 Å². The largest absolute Gasteiger partial charge is 0.475 e. The van der Waals surface area contributed by atoms with Crippen LogP contribution in [0, 0.1) is 0 Å². The fourth-order valence-electron chi connectivity index (χ4n) is 2.18. The Kier molecular flexibility index (Phi) is 9.84. The minimum atomic E-state index is -4.49. The average molecular weight is 514 g/mol. The summed E-state index contributed by atoms with van der Waals surface area (Å²) in [6.45, 7) is 3.12. The van der Waals surface area contributed by atoms with Crippen molar-refractivity contribution in [3.63, 3.8) is 0 Å². The van der Waals surface area contributed by atoms with Gasteiger partial charge < -0.3 is 15.4 Å². The number of aliphatic imine (C=N–C) groups is 1. The minimum Gasteiger partial charge on any atom is -0.475 e. The zero-order valence-corrected chi connectivity index (χ0v) is 18.1. The van der Waals surface area contributed by atoms with Gasteiger partial charge in [0.2, 0.25) is 5.88 Å². The molecule has 2 aromatic heterocycles. The lowest BCUT2D eigenvalue weighted by Crippen LogP contribution is -2.40. The molecule has 0 aliphatic heterocycles. The normalized spacial score (nSPS) is 12.9. The fraction of sp³-hybridized carbons (Fsp3) is 0.412. The second kappa shape index (κ2) is 11.3. The third kappa shape index (κ3) is 7.53. The number of alkyl halides is 3. The molecule has 0 aliphatic rings. The molecule has 2 rings (SSSR count). The maximum atomic E-state index is 12.9. The summed E-state index contributed by atoms with van der Waals surface area (Å²) in [5.41, 5.74) is -0.882. The van der Waals surface area contributed by atoms with Gasteiger partial charge in [0, 0.05) is 30.6 Å². The Morgan fingerprint density at radius 3 is 2.70 bits per heavy atom. The SMILES string of the molecule is CN=C(NCCOc1ncccc1C(F)(F)F)NCC(C)c1cccs1.I. The standard InChI is InChI=1S/C17H21F3N4OS.HI/c1-12(14-6-4-10-26-14)11-24-16(21-2)23-8-9-25-15-13(17(18,19)20)5-3-7-22-15;/h3-7,10,12H,8-9,11H2,1-2H3,(H2,21,23,24);1H. The number of hydrogen-bond donors (Lipinski definition) is 2. The molecule has 0 fully saturated rings. The Hall–Kier alpha value is -1.56. The van der Waals surface area contributed by atoms with E-state index in [1.165, 1.54) is 17.1 Å². The molecule has 0 bridgehead atoms. The molecule has 0 amide bonds. The van der Waals surface area contributed by atoms with Crippen LogP contribution in [-0.4, -0.2) is 37.7 Å². The van der Waals surface area contributed by atoms with Crippen molar-refractivity contribution in [3.05, 3.63) is 46.3 Å². The van der Waals surface area contributed by atoms with Crippen LogP contribution in [0.4, 0.5) is 13.2 Å².